The molecule has 0 unspecified atom stereocenters. The highest BCUT2D eigenvalue weighted by Gasteiger charge is 2.24. The fourth-order valence-electron chi connectivity index (χ4n) is 1.60. The third-order valence-electron chi connectivity index (χ3n) is 4.00. The van der Waals surface area contributed by atoms with Crippen molar-refractivity contribution in [3.05, 3.63) is 29.3 Å². The van der Waals surface area contributed by atoms with Gasteiger partial charge in [0.1, 0.15) is 0 Å². The summed E-state index contributed by atoms with van der Waals surface area (Å²) in [6.07, 6.45) is 0. The number of benzene rings is 1. The third-order valence-corrected chi connectivity index (χ3v) is 5.35. The zero-order valence-corrected chi connectivity index (χ0v) is 14.6. The summed E-state index contributed by atoms with van der Waals surface area (Å²) in [6, 6.07) is 4.29. The minimum atomic E-state index is -3.84. The lowest BCUT2D eigenvalue weighted by Crippen LogP contribution is -2.37. The molecule has 0 fully saturated rings. The van der Waals surface area contributed by atoms with Gasteiger partial charge in [0.05, 0.1) is 4.90 Å². The van der Waals surface area contributed by atoms with Gasteiger partial charge in [0.2, 0.25) is 0 Å². The molecule has 0 spiro atoms. The van der Waals surface area contributed by atoms with Crippen LogP contribution in [0.15, 0.2) is 23.1 Å². The molecule has 0 saturated heterocycles. The van der Waals surface area contributed by atoms with Crippen LogP contribution in [0.3, 0.4) is 0 Å². The summed E-state index contributed by atoms with van der Waals surface area (Å²) in [5.74, 6) is 0.122. The molecule has 0 aromatic heterocycles. The zero-order valence-electron chi connectivity index (χ0n) is 13.0. The Morgan fingerprint density at radius 1 is 1.33 bits per heavy atom. The number of carbonyl (C=O) groups is 1. The van der Waals surface area contributed by atoms with E-state index >= 15 is 0 Å². The highest BCUT2D eigenvalue weighted by molar-refractivity contribution is 8.13. The Balaban J connectivity index is 2.98. The summed E-state index contributed by atoms with van der Waals surface area (Å²) in [5, 5.41) is 2.86. The molecule has 0 aliphatic heterocycles. The van der Waals surface area contributed by atoms with Crippen LogP contribution in [0.2, 0.25) is 0 Å². The summed E-state index contributed by atoms with van der Waals surface area (Å²) in [5.41, 5.74) is 0.995. The molecule has 0 aliphatic rings. The third kappa shape index (κ3) is 4.71. The quantitative estimate of drug-likeness (QED) is 0.842. The molecule has 4 nitrogen and oxygen atoms in total. The Morgan fingerprint density at radius 2 is 1.90 bits per heavy atom. The second-order valence-corrected chi connectivity index (χ2v) is 8.81. The van der Waals surface area contributed by atoms with Crippen LogP contribution >= 0.6 is 10.7 Å². The van der Waals surface area contributed by atoms with Crippen LogP contribution in [0.5, 0.6) is 0 Å². The predicted octanol–water partition coefficient (Wildman–Crippen LogP) is 3.33. The van der Waals surface area contributed by atoms with Gasteiger partial charge in [-0.05, 0) is 36.0 Å². The fraction of sp³-hybridized carbons (Fsp3) is 0.533. The van der Waals surface area contributed by atoms with E-state index < -0.39 is 9.05 Å². The fourth-order valence-corrected chi connectivity index (χ4v) is 2.38. The second-order valence-electron chi connectivity index (χ2n) is 6.24. The molecular weight excluding hydrogens is 310 g/mol. The minimum Gasteiger partial charge on any atom is -0.351 e. The van der Waals surface area contributed by atoms with Gasteiger partial charge in [-0.3, -0.25) is 4.79 Å². The van der Waals surface area contributed by atoms with Crippen molar-refractivity contribution < 1.29 is 13.2 Å². The SMILES string of the molecule is Cc1ccc(S(=O)(=O)Cl)cc1C(=O)NCC(C)(C)C(C)C. The van der Waals surface area contributed by atoms with E-state index in [4.69, 9.17) is 10.7 Å². The van der Waals surface area contributed by atoms with Gasteiger partial charge in [-0.25, -0.2) is 8.42 Å². The number of halogens is 1. The van der Waals surface area contributed by atoms with E-state index in [0.717, 1.165) is 0 Å². The van der Waals surface area contributed by atoms with E-state index in [-0.39, 0.29) is 16.2 Å². The first-order valence-corrected chi connectivity index (χ1v) is 9.09. The second kappa shape index (κ2) is 6.36. The van der Waals surface area contributed by atoms with Gasteiger partial charge in [0.25, 0.3) is 15.0 Å². The molecule has 21 heavy (non-hydrogen) atoms. The predicted molar refractivity (Wildman–Crippen MR) is 85.2 cm³/mol. The van der Waals surface area contributed by atoms with Crippen molar-refractivity contribution in [2.24, 2.45) is 11.3 Å². The van der Waals surface area contributed by atoms with Crippen molar-refractivity contribution in [1.29, 1.82) is 0 Å². The molecule has 1 aromatic carbocycles. The van der Waals surface area contributed by atoms with Gasteiger partial charge in [-0.2, -0.15) is 0 Å². The molecule has 1 N–H and O–H groups in total. The van der Waals surface area contributed by atoms with Crippen LogP contribution in [0.1, 0.15) is 43.6 Å². The van der Waals surface area contributed by atoms with Crippen LogP contribution in [-0.4, -0.2) is 20.9 Å². The number of nitrogens with one attached hydrogen (secondary N) is 1. The number of carbonyl (C=O) groups excluding carboxylic acids is 1. The molecule has 6 heteroatoms. The number of hydrogen-bond donors (Lipinski definition) is 1. The van der Waals surface area contributed by atoms with E-state index in [0.29, 0.717) is 23.6 Å². The molecule has 0 atom stereocenters. The summed E-state index contributed by atoms with van der Waals surface area (Å²) >= 11 is 0. The highest BCUT2D eigenvalue weighted by atomic mass is 35.7. The molecule has 1 amide bonds. The Bertz CT molecular complexity index is 636. The van der Waals surface area contributed by atoms with Gasteiger partial charge in [-0.1, -0.05) is 33.8 Å². The Hall–Kier alpha value is -1.07. The Kier molecular flexibility index (Phi) is 5.45. The first kappa shape index (κ1) is 18.0. The molecule has 0 heterocycles. The van der Waals surface area contributed by atoms with Crippen LogP contribution in [0.4, 0.5) is 0 Å². The van der Waals surface area contributed by atoms with E-state index in [1.54, 1.807) is 13.0 Å². The largest absolute Gasteiger partial charge is 0.351 e. The zero-order chi connectivity index (χ0) is 16.4. The van der Waals surface area contributed by atoms with E-state index in [1.165, 1.54) is 12.1 Å². The van der Waals surface area contributed by atoms with Crippen molar-refractivity contribution in [3.8, 4) is 0 Å². The maximum absolute atomic E-state index is 12.3. The summed E-state index contributed by atoms with van der Waals surface area (Å²) in [7, 11) is 1.48. The lowest BCUT2D eigenvalue weighted by molar-refractivity contribution is 0.0924. The summed E-state index contributed by atoms with van der Waals surface area (Å²) < 4.78 is 22.7. The number of aryl methyl sites for hydroxylation is 1. The maximum atomic E-state index is 12.3. The Labute approximate surface area is 131 Å². The lowest BCUT2D eigenvalue weighted by atomic mass is 9.81. The van der Waals surface area contributed by atoms with Crippen molar-refractivity contribution in [2.75, 3.05) is 6.54 Å². The molecule has 1 rings (SSSR count). The van der Waals surface area contributed by atoms with Crippen LogP contribution in [-0.2, 0) is 9.05 Å². The van der Waals surface area contributed by atoms with Gasteiger partial charge in [0, 0.05) is 22.8 Å². The molecule has 0 radical (unpaired) electrons. The molecule has 118 valence electrons. The molecular formula is C15H22ClNO3S. The monoisotopic (exact) mass is 331 g/mol. The Morgan fingerprint density at radius 3 is 2.38 bits per heavy atom. The molecule has 0 saturated carbocycles. The minimum absolute atomic E-state index is 0.0419. The van der Waals surface area contributed by atoms with E-state index in [9.17, 15) is 13.2 Å². The van der Waals surface area contributed by atoms with Crippen molar-refractivity contribution >= 4 is 25.6 Å². The van der Waals surface area contributed by atoms with Crippen molar-refractivity contribution in [3.63, 3.8) is 0 Å². The van der Waals surface area contributed by atoms with Gasteiger partial charge in [0.15, 0.2) is 0 Å². The van der Waals surface area contributed by atoms with Crippen molar-refractivity contribution in [1.82, 2.24) is 5.32 Å². The molecule has 0 aliphatic carbocycles. The van der Waals surface area contributed by atoms with E-state index in [2.05, 4.69) is 33.0 Å². The summed E-state index contributed by atoms with van der Waals surface area (Å²) in [4.78, 5) is 12.2. The first-order valence-electron chi connectivity index (χ1n) is 6.78. The maximum Gasteiger partial charge on any atom is 0.261 e. The topological polar surface area (TPSA) is 63.2 Å². The van der Waals surface area contributed by atoms with Crippen LogP contribution < -0.4 is 5.32 Å². The van der Waals surface area contributed by atoms with Crippen molar-refractivity contribution in [2.45, 2.75) is 39.5 Å². The normalized spacial score (nSPS) is 12.5. The first-order chi connectivity index (χ1) is 9.45. The highest BCUT2D eigenvalue weighted by Crippen LogP contribution is 2.25. The molecule has 1 aromatic rings. The van der Waals surface area contributed by atoms with Gasteiger partial charge >= 0.3 is 0 Å². The lowest BCUT2D eigenvalue weighted by Gasteiger charge is -2.29. The van der Waals surface area contributed by atoms with Gasteiger partial charge < -0.3 is 5.32 Å². The molecule has 0 bridgehead atoms. The van der Waals surface area contributed by atoms with E-state index in [1.807, 2.05) is 0 Å². The van der Waals surface area contributed by atoms with Crippen LogP contribution in [0.25, 0.3) is 0 Å². The average molecular weight is 332 g/mol. The number of hydrogen-bond acceptors (Lipinski definition) is 3. The standard InChI is InChI=1S/C15H22ClNO3S/c1-10(2)15(4,5)9-17-14(18)13-8-12(21(16,19)20)7-6-11(13)3/h6-8,10H,9H2,1-5H3,(H,17,18). The smallest absolute Gasteiger partial charge is 0.261 e. The number of rotatable bonds is 5. The number of amides is 1. The summed E-state index contributed by atoms with van der Waals surface area (Å²) in [6.45, 7) is 10.6. The van der Waals surface area contributed by atoms with Gasteiger partial charge in [-0.15, -0.1) is 0 Å². The van der Waals surface area contributed by atoms with Crippen LogP contribution in [0, 0.1) is 18.3 Å². The average Bonchev–Trinajstić information content (AvgIpc) is 2.35.